The number of hydrogen-bond donors (Lipinski definition) is 0. The molecule has 1 aromatic carbocycles. The lowest BCUT2D eigenvalue weighted by atomic mass is 10.1. The van der Waals surface area contributed by atoms with Gasteiger partial charge < -0.3 is 4.74 Å². The third kappa shape index (κ3) is 3.99. The summed E-state index contributed by atoms with van der Waals surface area (Å²) in [6.45, 7) is 6.12. The van der Waals surface area contributed by atoms with Gasteiger partial charge in [0.2, 0.25) is 0 Å². The van der Waals surface area contributed by atoms with Crippen LogP contribution in [0, 0.1) is 11.8 Å². The molecule has 0 saturated heterocycles. The molecule has 0 N–H and O–H groups in total. The lowest BCUT2D eigenvalue weighted by molar-refractivity contribution is 0.447. The maximum absolute atomic E-state index is 6.04. The van der Waals surface area contributed by atoms with Gasteiger partial charge in [0.1, 0.15) is 11.3 Å². The van der Waals surface area contributed by atoms with E-state index < -0.39 is 0 Å². The molecule has 112 valence electrons. The fraction of sp³-hybridized carbons (Fsp3) is 0.250. The molecule has 0 atom stereocenters. The van der Waals surface area contributed by atoms with Gasteiger partial charge in [0.05, 0.1) is 0 Å². The summed E-state index contributed by atoms with van der Waals surface area (Å²) in [4.78, 5) is 4.45. The second kappa shape index (κ2) is 8.05. The summed E-state index contributed by atoms with van der Waals surface area (Å²) >= 11 is 0. The van der Waals surface area contributed by atoms with Crippen molar-refractivity contribution in [3.8, 4) is 17.6 Å². The molecule has 1 aromatic heterocycles. The van der Waals surface area contributed by atoms with Crippen LogP contribution >= 0.6 is 0 Å². The normalized spacial score (nSPS) is 11.5. The quantitative estimate of drug-likeness (QED) is 0.447. The summed E-state index contributed by atoms with van der Waals surface area (Å²) < 4.78 is 6.04. The van der Waals surface area contributed by atoms with Crippen molar-refractivity contribution in [3.05, 3.63) is 60.0 Å². The zero-order chi connectivity index (χ0) is 15.8. The maximum Gasteiger partial charge on any atom is 0.153 e. The number of fused-ring (bicyclic) bond motifs is 1. The molecule has 0 amide bonds. The highest BCUT2D eigenvalue weighted by molar-refractivity contribution is 5.85. The van der Waals surface area contributed by atoms with Crippen LogP contribution in [0.3, 0.4) is 0 Å². The minimum absolute atomic E-state index is 0.769. The molecule has 0 fully saturated rings. The minimum atomic E-state index is 0.769. The second-order valence-corrected chi connectivity index (χ2v) is 4.82. The van der Waals surface area contributed by atoms with Gasteiger partial charge in [-0.15, -0.1) is 0 Å². The Kier molecular flexibility index (Phi) is 5.80. The zero-order valence-electron chi connectivity index (χ0n) is 13.4. The van der Waals surface area contributed by atoms with Crippen molar-refractivity contribution in [2.45, 2.75) is 33.6 Å². The largest absolute Gasteiger partial charge is 0.455 e. The summed E-state index contributed by atoms with van der Waals surface area (Å²) in [5.74, 6) is 7.54. The lowest BCUT2D eigenvalue weighted by Crippen LogP contribution is -1.95. The van der Waals surface area contributed by atoms with Crippen LogP contribution in [0.4, 0.5) is 0 Å². The zero-order valence-corrected chi connectivity index (χ0v) is 13.4. The van der Waals surface area contributed by atoms with E-state index in [1.54, 1.807) is 6.20 Å². The van der Waals surface area contributed by atoms with E-state index in [0.717, 1.165) is 35.3 Å². The molecule has 2 nitrogen and oxygen atoms in total. The highest BCUT2D eigenvalue weighted by Crippen LogP contribution is 2.27. The van der Waals surface area contributed by atoms with E-state index in [4.69, 9.17) is 4.74 Å². The predicted octanol–water partition coefficient (Wildman–Crippen LogP) is 5.05. The van der Waals surface area contributed by atoms with Crippen molar-refractivity contribution in [3.63, 3.8) is 0 Å². The van der Waals surface area contributed by atoms with Gasteiger partial charge in [-0.05, 0) is 55.3 Å². The standard InChI is InChI=1S/C20H21NO/c1-4-7-8-9-12-18(6-3)22-19-15-16(5-2)14-17-11-10-13-21-20(17)19/h6,9-15H,4-5H2,1-3H3/b12-9-,18-6+. The van der Waals surface area contributed by atoms with E-state index in [0.29, 0.717) is 0 Å². The highest BCUT2D eigenvalue weighted by atomic mass is 16.5. The van der Waals surface area contributed by atoms with Crippen molar-refractivity contribution >= 4 is 10.9 Å². The van der Waals surface area contributed by atoms with Crippen molar-refractivity contribution in [1.29, 1.82) is 0 Å². The number of benzene rings is 1. The molecular weight excluding hydrogens is 270 g/mol. The number of rotatable bonds is 4. The first kappa shape index (κ1) is 15.9. The Morgan fingerprint density at radius 2 is 2.18 bits per heavy atom. The van der Waals surface area contributed by atoms with Crippen LogP contribution in [0.15, 0.2) is 54.4 Å². The third-order valence-corrected chi connectivity index (χ3v) is 3.26. The highest BCUT2D eigenvalue weighted by Gasteiger charge is 2.07. The Balaban J connectivity index is 2.35. The average Bonchev–Trinajstić information content (AvgIpc) is 2.57. The third-order valence-electron chi connectivity index (χ3n) is 3.26. The molecular formula is C20H21NO. The number of ether oxygens (including phenoxy) is 1. The van der Waals surface area contributed by atoms with Gasteiger partial charge in [-0.2, -0.15) is 0 Å². The van der Waals surface area contributed by atoms with E-state index in [2.05, 4.69) is 41.9 Å². The topological polar surface area (TPSA) is 22.1 Å². The van der Waals surface area contributed by atoms with Crippen LogP contribution < -0.4 is 4.74 Å². The molecule has 22 heavy (non-hydrogen) atoms. The number of nitrogens with zero attached hydrogens (tertiary/aromatic N) is 1. The molecule has 0 bridgehead atoms. The molecule has 2 rings (SSSR count). The smallest absolute Gasteiger partial charge is 0.153 e. The number of allylic oxidation sites excluding steroid dienone is 3. The summed E-state index contributed by atoms with van der Waals surface area (Å²) in [5.41, 5.74) is 2.12. The Bertz CT molecular complexity index is 760. The van der Waals surface area contributed by atoms with Crippen LogP contribution in [0.1, 0.15) is 32.8 Å². The van der Waals surface area contributed by atoms with E-state index >= 15 is 0 Å². The SMILES string of the molecule is C/C=C(\C=C/C#CCC)Oc1cc(CC)cc2cccnc12. The number of aromatic nitrogens is 1. The first-order valence-corrected chi connectivity index (χ1v) is 7.65. The van der Waals surface area contributed by atoms with Crippen molar-refractivity contribution in [2.24, 2.45) is 0 Å². The molecule has 0 saturated carbocycles. The van der Waals surface area contributed by atoms with Gasteiger partial charge in [-0.1, -0.05) is 31.8 Å². The van der Waals surface area contributed by atoms with Gasteiger partial charge in [0.15, 0.2) is 5.75 Å². The Morgan fingerprint density at radius 3 is 2.91 bits per heavy atom. The fourth-order valence-corrected chi connectivity index (χ4v) is 2.10. The molecule has 0 aliphatic carbocycles. The van der Waals surface area contributed by atoms with Gasteiger partial charge in [0, 0.05) is 18.0 Å². The van der Waals surface area contributed by atoms with Gasteiger partial charge in [0.25, 0.3) is 0 Å². The summed E-state index contributed by atoms with van der Waals surface area (Å²) in [6.07, 6.45) is 9.23. The van der Waals surface area contributed by atoms with Crippen LogP contribution in [-0.2, 0) is 6.42 Å². The summed E-state index contributed by atoms with van der Waals surface area (Å²) in [6, 6.07) is 8.23. The van der Waals surface area contributed by atoms with Crippen LogP contribution in [-0.4, -0.2) is 4.98 Å². The Labute approximate surface area is 132 Å². The number of hydrogen-bond acceptors (Lipinski definition) is 2. The summed E-state index contributed by atoms with van der Waals surface area (Å²) in [7, 11) is 0. The average molecular weight is 291 g/mol. The number of pyridine rings is 1. The monoisotopic (exact) mass is 291 g/mol. The lowest BCUT2D eigenvalue weighted by Gasteiger charge is -2.10. The maximum atomic E-state index is 6.04. The van der Waals surface area contributed by atoms with E-state index in [9.17, 15) is 0 Å². The molecule has 2 heteroatoms. The molecule has 0 aliphatic rings. The fourth-order valence-electron chi connectivity index (χ4n) is 2.10. The van der Waals surface area contributed by atoms with Gasteiger partial charge in [-0.3, -0.25) is 4.98 Å². The van der Waals surface area contributed by atoms with E-state index in [1.807, 2.05) is 38.1 Å². The second-order valence-electron chi connectivity index (χ2n) is 4.82. The predicted molar refractivity (Wildman–Crippen MR) is 92.7 cm³/mol. The van der Waals surface area contributed by atoms with Crippen molar-refractivity contribution in [1.82, 2.24) is 4.98 Å². The molecule has 0 unspecified atom stereocenters. The Morgan fingerprint density at radius 1 is 1.32 bits per heavy atom. The van der Waals surface area contributed by atoms with E-state index in [1.165, 1.54) is 5.56 Å². The van der Waals surface area contributed by atoms with Crippen LogP contribution in [0.2, 0.25) is 0 Å². The van der Waals surface area contributed by atoms with Gasteiger partial charge in [-0.25, -0.2) is 0 Å². The van der Waals surface area contributed by atoms with Crippen molar-refractivity contribution < 1.29 is 4.74 Å². The first-order chi connectivity index (χ1) is 10.8. The molecule has 1 heterocycles. The summed E-state index contributed by atoms with van der Waals surface area (Å²) in [5, 5.41) is 1.10. The van der Waals surface area contributed by atoms with Gasteiger partial charge >= 0.3 is 0 Å². The van der Waals surface area contributed by atoms with Crippen LogP contribution in [0.5, 0.6) is 5.75 Å². The first-order valence-electron chi connectivity index (χ1n) is 7.65. The number of aryl methyl sites for hydroxylation is 1. The Hall–Kier alpha value is -2.53. The van der Waals surface area contributed by atoms with Crippen LogP contribution in [0.25, 0.3) is 10.9 Å². The van der Waals surface area contributed by atoms with E-state index in [-0.39, 0.29) is 0 Å². The molecule has 0 radical (unpaired) electrons. The molecule has 0 aliphatic heterocycles. The van der Waals surface area contributed by atoms with Crippen molar-refractivity contribution in [2.75, 3.05) is 0 Å². The molecule has 2 aromatic rings. The molecule has 0 spiro atoms. The minimum Gasteiger partial charge on any atom is -0.455 e.